The Bertz CT molecular complexity index is 418. The lowest BCUT2D eigenvalue weighted by Gasteiger charge is -2.23. The molecule has 17 heavy (non-hydrogen) atoms. The van der Waals surface area contributed by atoms with Gasteiger partial charge in [-0.25, -0.2) is 4.39 Å². The molecule has 1 rings (SSSR count). The first-order chi connectivity index (χ1) is 7.95. The largest absolute Gasteiger partial charge is 0.409 e. The SMILES string of the molecule is CC(C)CN(C)c1ccc(F)cc1C(N)=NO. The molecule has 0 heterocycles. The van der Waals surface area contributed by atoms with E-state index in [1.54, 1.807) is 6.07 Å². The van der Waals surface area contributed by atoms with Crippen LogP contribution in [-0.2, 0) is 0 Å². The van der Waals surface area contributed by atoms with Crippen LogP contribution in [0.5, 0.6) is 0 Å². The lowest BCUT2D eigenvalue weighted by molar-refractivity contribution is 0.318. The summed E-state index contributed by atoms with van der Waals surface area (Å²) in [5.74, 6) is -0.0337. The highest BCUT2D eigenvalue weighted by molar-refractivity contribution is 6.02. The van der Waals surface area contributed by atoms with Crippen molar-refractivity contribution in [3.63, 3.8) is 0 Å². The summed E-state index contributed by atoms with van der Waals surface area (Å²) >= 11 is 0. The maximum absolute atomic E-state index is 13.2. The summed E-state index contributed by atoms with van der Waals surface area (Å²) in [4.78, 5) is 1.96. The summed E-state index contributed by atoms with van der Waals surface area (Å²) in [6.45, 7) is 4.98. The molecule has 1 aromatic carbocycles. The summed E-state index contributed by atoms with van der Waals surface area (Å²) in [6, 6.07) is 4.26. The average molecular weight is 239 g/mol. The van der Waals surface area contributed by atoms with Crippen molar-refractivity contribution in [3.8, 4) is 0 Å². The van der Waals surface area contributed by atoms with Crippen molar-refractivity contribution in [2.45, 2.75) is 13.8 Å². The Morgan fingerprint density at radius 2 is 2.18 bits per heavy atom. The standard InChI is InChI=1S/C12H18FN3O/c1-8(2)7-16(3)11-5-4-9(13)6-10(11)12(14)15-17/h4-6,8,17H,7H2,1-3H3,(H2,14,15). The van der Waals surface area contributed by atoms with Crippen LogP contribution in [0.3, 0.4) is 0 Å². The Balaban J connectivity index is 3.14. The highest BCUT2D eigenvalue weighted by Gasteiger charge is 2.13. The number of oxime groups is 1. The Hall–Kier alpha value is -1.78. The number of halogens is 1. The molecule has 0 unspecified atom stereocenters. The smallest absolute Gasteiger partial charge is 0.172 e. The number of nitrogens with two attached hydrogens (primary N) is 1. The van der Waals surface area contributed by atoms with Crippen LogP contribution in [0, 0.1) is 11.7 Å². The van der Waals surface area contributed by atoms with Gasteiger partial charge < -0.3 is 15.8 Å². The Kier molecular flexibility index (Phi) is 4.31. The predicted octanol–water partition coefficient (Wildman–Crippen LogP) is 2.01. The van der Waals surface area contributed by atoms with Gasteiger partial charge >= 0.3 is 0 Å². The molecule has 0 aliphatic rings. The van der Waals surface area contributed by atoms with Crippen molar-refractivity contribution >= 4 is 11.5 Å². The average Bonchev–Trinajstić information content (AvgIpc) is 2.26. The van der Waals surface area contributed by atoms with E-state index in [9.17, 15) is 4.39 Å². The fourth-order valence-corrected chi connectivity index (χ4v) is 1.75. The molecule has 94 valence electrons. The molecule has 0 spiro atoms. The van der Waals surface area contributed by atoms with Gasteiger partial charge in [0, 0.05) is 24.8 Å². The lowest BCUT2D eigenvalue weighted by Crippen LogP contribution is -2.26. The van der Waals surface area contributed by atoms with Crippen LogP contribution >= 0.6 is 0 Å². The summed E-state index contributed by atoms with van der Waals surface area (Å²) in [5, 5.41) is 11.6. The second-order valence-electron chi connectivity index (χ2n) is 4.42. The quantitative estimate of drug-likeness (QED) is 0.366. The summed E-state index contributed by atoms with van der Waals surface area (Å²) in [7, 11) is 1.89. The third-order valence-electron chi connectivity index (χ3n) is 2.39. The van der Waals surface area contributed by atoms with Crippen LogP contribution in [0.15, 0.2) is 23.4 Å². The van der Waals surface area contributed by atoms with Crippen LogP contribution in [0.4, 0.5) is 10.1 Å². The van der Waals surface area contributed by atoms with Gasteiger partial charge in [-0.3, -0.25) is 0 Å². The maximum atomic E-state index is 13.2. The molecular weight excluding hydrogens is 221 g/mol. The molecule has 4 nitrogen and oxygen atoms in total. The van der Waals surface area contributed by atoms with Gasteiger partial charge in [-0.2, -0.15) is 0 Å². The van der Waals surface area contributed by atoms with Gasteiger partial charge in [0.25, 0.3) is 0 Å². The lowest BCUT2D eigenvalue weighted by atomic mass is 10.1. The molecule has 0 amide bonds. The molecule has 0 bridgehead atoms. The van der Waals surface area contributed by atoms with E-state index < -0.39 is 5.82 Å². The van der Waals surface area contributed by atoms with Crippen molar-refractivity contribution < 1.29 is 9.60 Å². The number of nitrogens with zero attached hydrogens (tertiary/aromatic N) is 2. The zero-order valence-electron chi connectivity index (χ0n) is 10.3. The van der Waals surface area contributed by atoms with Crippen molar-refractivity contribution in [2.75, 3.05) is 18.5 Å². The zero-order valence-corrected chi connectivity index (χ0v) is 10.3. The van der Waals surface area contributed by atoms with Crippen molar-refractivity contribution in [3.05, 3.63) is 29.6 Å². The Labute approximate surface area is 101 Å². The predicted molar refractivity (Wildman–Crippen MR) is 67.0 cm³/mol. The second-order valence-corrected chi connectivity index (χ2v) is 4.42. The Morgan fingerprint density at radius 1 is 1.53 bits per heavy atom. The number of benzene rings is 1. The van der Waals surface area contributed by atoms with E-state index >= 15 is 0 Å². The minimum atomic E-state index is -0.409. The van der Waals surface area contributed by atoms with Crippen LogP contribution in [0.25, 0.3) is 0 Å². The van der Waals surface area contributed by atoms with Crippen LogP contribution in [0.1, 0.15) is 19.4 Å². The van der Waals surface area contributed by atoms with E-state index in [2.05, 4.69) is 19.0 Å². The van der Waals surface area contributed by atoms with E-state index in [0.717, 1.165) is 12.2 Å². The van der Waals surface area contributed by atoms with E-state index in [1.807, 2.05) is 11.9 Å². The molecule has 0 aliphatic heterocycles. The summed E-state index contributed by atoms with van der Waals surface area (Å²) in [5.41, 5.74) is 6.68. The fourth-order valence-electron chi connectivity index (χ4n) is 1.75. The van der Waals surface area contributed by atoms with Gasteiger partial charge in [0.2, 0.25) is 0 Å². The number of hydrogen-bond acceptors (Lipinski definition) is 3. The molecule has 3 N–H and O–H groups in total. The van der Waals surface area contributed by atoms with Crippen LogP contribution < -0.4 is 10.6 Å². The molecule has 0 saturated carbocycles. The number of hydrogen-bond donors (Lipinski definition) is 2. The molecular formula is C12H18FN3O. The van der Waals surface area contributed by atoms with E-state index in [4.69, 9.17) is 10.9 Å². The zero-order chi connectivity index (χ0) is 13.0. The normalized spacial score (nSPS) is 11.9. The van der Waals surface area contributed by atoms with E-state index in [-0.39, 0.29) is 5.84 Å². The van der Waals surface area contributed by atoms with E-state index in [0.29, 0.717) is 11.5 Å². The first-order valence-corrected chi connectivity index (χ1v) is 5.44. The molecule has 5 heteroatoms. The van der Waals surface area contributed by atoms with Crippen molar-refractivity contribution in [2.24, 2.45) is 16.8 Å². The van der Waals surface area contributed by atoms with Crippen molar-refractivity contribution in [1.29, 1.82) is 0 Å². The first-order valence-electron chi connectivity index (χ1n) is 5.44. The minimum absolute atomic E-state index is 0.0879. The van der Waals surface area contributed by atoms with Gasteiger partial charge in [0.15, 0.2) is 5.84 Å². The van der Waals surface area contributed by atoms with Gasteiger partial charge in [-0.05, 0) is 24.1 Å². The monoisotopic (exact) mass is 239 g/mol. The fraction of sp³-hybridized carbons (Fsp3) is 0.417. The molecule has 0 radical (unpaired) electrons. The van der Waals surface area contributed by atoms with Crippen LogP contribution in [-0.4, -0.2) is 24.6 Å². The second kappa shape index (κ2) is 5.52. The topological polar surface area (TPSA) is 61.8 Å². The third kappa shape index (κ3) is 3.34. The molecule has 0 aromatic heterocycles. The van der Waals surface area contributed by atoms with Gasteiger partial charge in [0.1, 0.15) is 5.82 Å². The number of anilines is 1. The third-order valence-corrected chi connectivity index (χ3v) is 2.39. The number of amidine groups is 1. The highest BCUT2D eigenvalue weighted by Crippen LogP contribution is 2.21. The molecule has 0 saturated heterocycles. The van der Waals surface area contributed by atoms with Crippen molar-refractivity contribution in [1.82, 2.24) is 0 Å². The van der Waals surface area contributed by atoms with E-state index in [1.165, 1.54) is 12.1 Å². The highest BCUT2D eigenvalue weighted by atomic mass is 19.1. The summed E-state index contributed by atoms with van der Waals surface area (Å²) < 4.78 is 13.2. The summed E-state index contributed by atoms with van der Waals surface area (Å²) in [6.07, 6.45) is 0. The molecule has 0 fully saturated rings. The maximum Gasteiger partial charge on any atom is 0.172 e. The minimum Gasteiger partial charge on any atom is -0.409 e. The van der Waals surface area contributed by atoms with Gasteiger partial charge in [-0.1, -0.05) is 19.0 Å². The number of rotatable bonds is 4. The molecule has 0 aliphatic carbocycles. The van der Waals surface area contributed by atoms with Crippen LogP contribution in [0.2, 0.25) is 0 Å². The first kappa shape index (κ1) is 13.3. The Morgan fingerprint density at radius 3 is 2.71 bits per heavy atom. The molecule has 1 aromatic rings. The molecule has 0 atom stereocenters. The van der Waals surface area contributed by atoms with Gasteiger partial charge in [0.05, 0.1) is 0 Å². The van der Waals surface area contributed by atoms with Gasteiger partial charge in [-0.15, -0.1) is 0 Å².